The highest BCUT2D eigenvalue weighted by Crippen LogP contribution is 2.34. The van der Waals surface area contributed by atoms with E-state index in [1.54, 1.807) is 0 Å². The smallest absolute Gasteiger partial charge is 0.231 e. The van der Waals surface area contributed by atoms with Crippen LogP contribution in [0.4, 0.5) is 0 Å². The molecule has 88 valence electrons. The fraction of sp³-hybridized carbons (Fsp3) is 0.538. The third-order valence-corrected chi connectivity index (χ3v) is 2.94. The average molecular weight is 221 g/mol. The van der Waals surface area contributed by atoms with Crippen molar-refractivity contribution in [1.82, 2.24) is 0 Å². The van der Waals surface area contributed by atoms with Crippen LogP contribution in [-0.4, -0.2) is 6.79 Å². The zero-order chi connectivity index (χ0) is 11.4. The third kappa shape index (κ3) is 2.47. The van der Waals surface area contributed by atoms with Crippen molar-refractivity contribution in [2.24, 2.45) is 5.73 Å². The van der Waals surface area contributed by atoms with Gasteiger partial charge in [0.15, 0.2) is 11.5 Å². The summed E-state index contributed by atoms with van der Waals surface area (Å²) < 4.78 is 10.6. The molecule has 2 N–H and O–H groups in total. The first-order valence-corrected chi connectivity index (χ1v) is 5.96. The van der Waals surface area contributed by atoms with Crippen molar-refractivity contribution < 1.29 is 9.47 Å². The van der Waals surface area contributed by atoms with E-state index in [4.69, 9.17) is 15.2 Å². The zero-order valence-corrected chi connectivity index (χ0v) is 9.74. The minimum atomic E-state index is 0.112. The molecule has 0 saturated heterocycles. The first kappa shape index (κ1) is 11.3. The monoisotopic (exact) mass is 221 g/mol. The van der Waals surface area contributed by atoms with E-state index in [9.17, 15) is 0 Å². The van der Waals surface area contributed by atoms with Gasteiger partial charge in [-0.2, -0.15) is 0 Å². The maximum Gasteiger partial charge on any atom is 0.231 e. The number of benzene rings is 1. The van der Waals surface area contributed by atoms with Gasteiger partial charge in [0.25, 0.3) is 0 Å². The van der Waals surface area contributed by atoms with Crippen LogP contribution in [0.15, 0.2) is 18.2 Å². The molecule has 0 aromatic heterocycles. The Labute approximate surface area is 96.5 Å². The number of rotatable bonds is 5. The summed E-state index contributed by atoms with van der Waals surface area (Å²) in [6, 6.07) is 6.08. The Hall–Kier alpha value is -1.22. The molecule has 1 aliphatic heterocycles. The molecule has 1 aromatic rings. The van der Waals surface area contributed by atoms with E-state index in [1.807, 2.05) is 18.2 Å². The number of ether oxygens (including phenoxy) is 2. The molecule has 0 unspecified atom stereocenters. The van der Waals surface area contributed by atoms with Crippen LogP contribution in [0.3, 0.4) is 0 Å². The average Bonchev–Trinajstić information content (AvgIpc) is 2.76. The summed E-state index contributed by atoms with van der Waals surface area (Å²) in [6.45, 7) is 2.52. The number of fused-ring (bicyclic) bond motifs is 1. The highest BCUT2D eigenvalue weighted by Gasteiger charge is 2.15. The first-order valence-electron chi connectivity index (χ1n) is 5.96. The van der Waals surface area contributed by atoms with Crippen molar-refractivity contribution in [3.05, 3.63) is 23.8 Å². The van der Waals surface area contributed by atoms with Gasteiger partial charge in [0.05, 0.1) is 0 Å². The van der Waals surface area contributed by atoms with Gasteiger partial charge >= 0.3 is 0 Å². The molecule has 0 amide bonds. The highest BCUT2D eigenvalue weighted by molar-refractivity contribution is 5.45. The van der Waals surface area contributed by atoms with Gasteiger partial charge in [-0.25, -0.2) is 0 Å². The molecular formula is C13H19NO2. The Kier molecular flexibility index (Phi) is 3.67. The second-order valence-electron chi connectivity index (χ2n) is 4.21. The zero-order valence-electron chi connectivity index (χ0n) is 9.74. The van der Waals surface area contributed by atoms with Crippen LogP contribution in [0, 0.1) is 0 Å². The lowest BCUT2D eigenvalue weighted by atomic mass is 10.0. The van der Waals surface area contributed by atoms with Crippen LogP contribution in [0.2, 0.25) is 0 Å². The van der Waals surface area contributed by atoms with Gasteiger partial charge in [-0.15, -0.1) is 0 Å². The molecule has 3 nitrogen and oxygen atoms in total. The number of nitrogens with two attached hydrogens (primary N) is 1. The number of hydrogen-bond acceptors (Lipinski definition) is 3. The number of unbranched alkanes of at least 4 members (excludes halogenated alkanes) is 2. The van der Waals surface area contributed by atoms with E-state index in [1.165, 1.54) is 19.3 Å². The topological polar surface area (TPSA) is 44.5 Å². The van der Waals surface area contributed by atoms with E-state index in [0.717, 1.165) is 23.5 Å². The van der Waals surface area contributed by atoms with Crippen LogP contribution < -0.4 is 15.2 Å². The van der Waals surface area contributed by atoms with E-state index >= 15 is 0 Å². The summed E-state index contributed by atoms with van der Waals surface area (Å²) in [7, 11) is 0. The lowest BCUT2D eigenvalue weighted by Crippen LogP contribution is -2.09. The van der Waals surface area contributed by atoms with Crippen LogP contribution in [0.1, 0.15) is 44.2 Å². The fourth-order valence-corrected chi connectivity index (χ4v) is 1.92. The molecule has 0 bridgehead atoms. The summed E-state index contributed by atoms with van der Waals surface area (Å²) in [5, 5.41) is 0. The normalized spacial score (nSPS) is 15.1. The molecule has 0 saturated carbocycles. The molecule has 2 rings (SSSR count). The Morgan fingerprint density at radius 3 is 2.88 bits per heavy atom. The standard InChI is InChI=1S/C13H19NO2/c1-2-3-4-5-11(14)10-6-7-12-13(8-10)16-9-15-12/h6-8,11H,2-5,9,14H2,1H3/t11-/m1/s1. The first-order chi connectivity index (χ1) is 7.81. The van der Waals surface area contributed by atoms with Crippen LogP contribution >= 0.6 is 0 Å². The largest absolute Gasteiger partial charge is 0.454 e. The van der Waals surface area contributed by atoms with E-state index in [-0.39, 0.29) is 6.04 Å². The second-order valence-corrected chi connectivity index (χ2v) is 4.21. The van der Waals surface area contributed by atoms with Gasteiger partial charge in [-0.3, -0.25) is 0 Å². The molecule has 1 heterocycles. The van der Waals surface area contributed by atoms with Gasteiger partial charge in [0.1, 0.15) is 0 Å². The summed E-state index contributed by atoms with van der Waals surface area (Å²) in [5.41, 5.74) is 7.27. The number of hydrogen-bond donors (Lipinski definition) is 1. The summed E-state index contributed by atoms with van der Waals surface area (Å²) in [4.78, 5) is 0. The van der Waals surface area contributed by atoms with Crippen molar-refractivity contribution in [3.8, 4) is 11.5 Å². The van der Waals surface area contributed by atoms with Crippen LogP contribution in [-0.2, 0) is 0 Å². The van der Waals surface area contributed by atoms with Crippen molar-refractivity contribution in [2.75, 3.05) is 6.79 Å². The molecule has 1 aromatic carbocycles. The lowest BCUT2D eigenvalue weighted by Gasteiger charge is -2.12. The highest BCUT2D eigenvalue weighted by atomic mass is 16.7. The summed E-state index contributed by atoms with van der Waals surface area (Å²) in [5.74, 6) is 1.65. The van der Waals surface area contributed by atoms with Crippen molar-refractivity contribution in [2.45, 2.75) is 38.6 Å². The van der Waals surface area contributed by atoms with Gasteiger partial charge < -0.3 is 15.2 Å². The van der Waals surface area contributed by atoms with E-state index in [0.29, 0.717) is 6.79 Å². The Morgan fingerprint density at radius 1 is 1.25 bits per heavy atom. The van der Waals surface area contributed by atoms with Crippen LogP contribution in [0.25, 0.3) is 0 Å². The molecule has 0 aliphatic carbocycles. The van der Waals surface area contributed by atoms with Crippen molar-refractivity contribution >= 4 is 0 Å². The minimum Gasteiger partial charge on any atom is -0.454 e. The maximum atomic E-state index is 6.13. The molecule has 0 spiro atoms. The van der Waals surface area contributed by atoms with Gasteiger partial charge in [0, 0.05) is 6.04 Å². The molecule has 0 fully saturated rings. The van der Waals surface area contributed by atoms with E-state index in [2.05, 4.69) is 6.92 Å². The molecule has 1 atom stereocenters. The Morgan fingerprint density at radius 2 is 2.06 bits per heavy atom. The van der Waals surface area contributed by atoms with Crippen molar-refractivity contribution in [3.63, 3.8) is 0 Å². The Bertz CT molecular complexity index is 352. The van der Waals surface area contributed by atoms with Gasteiger partial charge in [-0.1, -0.05) is 32.3 Å². The molecule has 16 heavy (non-hydrogen) atoms. The molecule has 0 radical (unpaired) electrons. The summed E-state index contributed by atoms with van der Waals surface area (Å²) >= 11 is 0. The molecule has 1 aliphatic rings. The maximum absolute atomic E-state index is 6.13. The van der Waals surface area contributed by atoms with E-state index < -0.39 is 0 Å². The summed E-state index contributed by atoms with van der Waals surface area (Å²) in [6.07, 6.45) is 4.70. The quantitative estimate of drug-likeness (QED) is 0.777. The molecular weight excluding hydrogens is 202 g/mol. The minimum absolute atomic E-state index is 0.112. The SMILES string of the molecule is CCCCC[C@@H](N)c1ccc2c(c1)OCO2. The van der Waals surface area contributed by atoms with Crippen LogP contribution in [0.5, 0.6) is 11.5 Å². The van der Waals surface area contributed by atoms with Gasteiger partial charge in [-0.05, 0) is 24.1 Å². The lowest BCUT2D eigenvalue weighted by molar-refractivity contribution is 0.174. The second kappa shape index (κ2) is 5.21. The van der Waals surface area contributed by atoms with Crippen molar-refractivity contribution in [1.29, 1.82) is 0 Å². The predicted molar refractivity (Wildman–Crippen MR) is 63.6 cm³/mol. The third-order valence-electron chi connectivity index (χ3n) is 2.94. The van der Waals surface area contributed by atoms with Gasteiger partial charge in [0.2, 0.25) is 6.79 Å². The predicted octanol–water partition coefficient (Wildman–Crippen LogP) is 3.00. The Balaban J connectivity index is 1.98. The fourth-order valence-electron chi connectivity index (χ4n) is 1.92. The molecule has 3 heteroatoms.